The number of rotatable bonds is 3. The zero-order valence-electron chi connectivity index (χ0n) is 6.77. The summed E-state index contributed by atoms with van der Waals surface area (Å²) in [6.45, 7) is 4.63. The zero-order valence-corrected chi connectivity index (χ0v) is 6.77. The van der Waals surface area contributed by atoms with E-state index in [-0.39, 0.29) is 0 Å². The number of fused-ring (bicyclic) bond motifs is 1. The monoisotopic (exact) mass is 139 g/mol. The van der Waals surface area contributed by atoms with Gasteiger partial charge in [0.2, 0.25) is 0 Å². The van der Waals surface area contributed by atoms with Crippen LogP contribution >= 0.6 is 0 Å². The topological polar surface area (TPSA) is 12.0 Å². The number of nitrogens with one attached hydrogen (secondary N) is 1. The van der Waals surface area contributed by atoms with Gasteiger partial charge in [0, 0.05) is 0 Å². The second-order valence-corrected chi connectivity index (χ2v) is 3.90. The fourth-order valence-corrected chi connectivity index (χ4v) is 2.56. The summed E-state index contributed by atoms with van der Waals surface area (Å²) in [5.74, 6) is 3.29. The normalized spacial score (nSPS) is 43.5. The lowest BCUT2D eigenvalue weighted by molar-refractivity contribution is 0.272. The van der Waals surface area contributed by atoms with Crippen LogP contribution in [-0.2, 0) is 0 Å². The average Bonchev–Trinajstić information content (AvgIpc) is 2.37. The molecule has 0 heterocycles. The molecule has 3 aliphatic carbocycles. The van der Waals surface area contributed by atoms with Crippen LogP contribution in [-0.4, -0.2) is 13.1 Å². The third kappa shape index (κ3) is 0.968. The quantitative estimate of drug-likeness (QED) is 0.627. The van der Waals surface area contributed by atoms with Crippen molar-refractivity contribution < 1.29 is 0 Å². The highest BCUT2D eigenvalue weighted by Crippen LogP contribution is 2.51. The van der Waals surface area contributed by atoms with Crippen LogP contribution in [0.5, 0.6) is 0 Å². The van der Waals surface area contributed by atoms with Crippen molar-refractivity contribution in [2.24, 2.45) is 17.8 Å². The zero-order chi connectivity index (χ0) is 6.97. The van der Waals surface area contributed by atoms with Crippen LogP contribution in [0.15, 0.2) is 0 Å². The van der Waals surface area contributed by atoms with E-state index in [0.29, 0.717) is 0 Å². The average molecular weight is 139 g/mol. The van der Waals surface area contributed by atoms with Gasteiger partial charge in [0.25, 0.3) is 0 Å². The van der Waals surface area contributed by atoms with Crippen LogP contribution in [0.4, 0.5) is 0 Å². The highest BCUT2D eigenvalue weighted by Gasteiger charge is 2.43. The van der Waals surface area contributed by atoms with Crippen LogP contribution < -0.4 is 5.32 Å². The Morgan fingerprint density at radius 1 is 1.30 bits per heavy atom. The van der Waals surface area contributed by atoms with E-state index in [1.54, 1.807) is 12.8 Å². The molecule has 1 N–H and O–H groups in total. The summed E-state index contributed by atoms with van der Waals surface area (Å²) in [6, 6.07) is 0. The van der Waals surface area contributed by atoms with Gasteiger partial charge in [0.15, 0.2) is 0 Å². The molecule has 3 aliphatic rings. The highest BCUT2D eigenvalue weighted by molar-refractivity contribution is 4.94. The molecule has 0 aromatic carbocycles. The van der Waals surface area contributed by atoms with Gasteiger partial charge < -0.3 is 5.32 Å². The summed E-state index contributed by atoms with van der Waals surface area (Å²) in [7, 11) is 0. The van der Waals surface area contributed by atoms with Gasteiger partial charge in [-0.2, -0.15) is 0 Å². The Kier molecular flexibility index (Phi) is 1.69. The molecule has 1 heteroatoms. The first-order valence-electron chi connectivity index (χ1n) is 4.61. The van der Waals surface area contributed by atoms with Crippen molar-refractivity contribution in [1.82, 2.24) is 5.32 Å². The molecule has 1 atom stereocenters. The fraction of sp³-hybridized carbons (Fsp3) is 1.00. The van der Waals surface area contributed by atoms with E-state index < -0.39 is 0 Å². The lowest BCUT2D eigenvalue weighted by atomic mass is 9.82. The summed E-state index contributed by atoms with van der Waals surface area (Å²) in [4.78, 5) is 0. The van der Waals surface area contributed by atoms with Gasteiger partial charge in [-0.1, -0.05) is 6.92 Å². The van der Waals surface area contributed by atoms with Crippen LogP contribution in [0, 0.1) is 17.8 Å². The maximum absolute atomic E-state index is 3.45. The Hall–Kier alpha value is -0.0400. The summed E-state index contributed by atoms with van der Waals surface area (Å²) >= 11 is 0. The van der Waals surface area contributed by atoms with Crippen LogP contribution in [0.1, 0.15) is 26.2 Å². The highest BCUT2D eigenvalue weighted by atomic mass is 14.9. The van der Waals surface area contributed by atoms with Crippen LogP contribution in [0.25, 0.3) is 0 Å². The van der Waals surface area contributed by atoms with Crippen molar-refractivity contribution in [3.05, 3.63) is 0 Å². The summed E-state index contributed by atoms with van der Waals surface area (Å²) < 4.78 is 0. The first-order valence-corrected chi connectivity index (χ1v) is 4.61. The Balaban J connectivity index is 1.74. The Labute approximate surface area is 63.2 Å². The molecular weight excluding hydrogens is 122 g/mol. The largest absolute Gasteiger partial charge is 0.317 e. The van der Waals surface area contributed by atoms with E-state index in [0.717, 1.165) is 24.3 Å². The van der Waals surface area contributed by atoms with Crippen LogP contribution in [0.2, 0.25) is 0 Å². The lowest BCUT2D eigenvalue weighted by Crippen LogP contribution is -2.24. The second kappa shape index (κ2) is 2.54. The van der Waals surface area contributed by atoms with E-state index >= 15 is 0 Å². The maximum Gasteiger partial charge on any atom is -0.00179 e. The summed E-state index contributed by atoms with van der Waals surface area (Å²) in [5.41, 5.74) is 0. The maximum atomic E-state index is 3.45. The van der Waals surface area contributed by atoms with E-state index in [1.165, 1.54) is 13.0 Å². The van der Waals surface area contributed by atoms with Crippen LogP contribution in [0.3, 0.4) is 0 Å². The summed E-state index contributed by atoms with van der Waals surface area (Å²) in [6.07, 6.45) is 4.63. The van der Waals surface area contributed by atoms with Gasteiger partial charge >= 0.3 is 0 Å². The summed E-state index contributed by atoms with van der Waals surface area (Å²) in [5, 5.41) is 3.45. The van der Waals surface area contributed by atoms with Gasteiger partial charge in [-0.3, -0.25) is 0 Å². The molecule has 0 aromatic heterocycles. The lowest BCUT2D eigenvalue weighted by Gasteiger charge is -2.24. The fourth-order valence-electron chi connectivity index (χ4n) is 2.56. The molecule has 0 spiro atoms. The third-order valence-electron chi connectivity index (χ3n) is 3.23. The van der Waals surface area contributed by atoms with E-state index in [4.69, 9.17) is 0 Å². The number of hydrogen-bond donors (Lipinski definition) is 1. The molecule has 1 nitrogen and oxygen atoms in total. The molecule has 0 aliphatic heterocycles. The molecule has 0 amide bonds. The molecule has 1 unspecified atom stereocenters. The molecule has 3 fully saturated rings. The first kappa shape index (κ1) is 6.66. The predicted octanol–water partition coefficient (Wildman–Crippen LogP) is 1.64. The van der Waals surface area contributed by atoms with Crippen molar-refractivity contribution in [3.8, 4) is 0 Å². The van der Waals surface area contributed by atoms with Gasteiger partial charge in [-0.15, -0.1) is 0 Å². The van der Waals surface area contributed by atoms with E-state index in [2.05, 4.69) is 12.2 Å². The van der Waals surface area contributed by atoms with E-state index in [9.17, 15) is 0 Å². The molecule has 2 bridgehead atoms. The molecule has 3 rings (SSSR count). The Morgan fingerprint density at radius 2 is 2.10 bits per heavy atom. The molecule has 0 saturated heterocycles. The van der Waals surface area contributed by atoms with Crippen molar-refractivity contribution in [2.75, 3.05) is 13.1 Å². The van der Waals surface area contributed by atoms with E-state index in [1.807, 2.05) is 0 Å². The van der Waals surface area contributed by atoms with Crippen molar-refractivity contribution in [3.63, 3.8) is 0 Å². The molecule has 10 heavy (non-hydrogen) atoms. The smallest absolute Gasteiger partial charge is 0.00179 e. The molecule has 0 aromatic rings. The van der Waals surface area contributed by atoms with Gasteiger partial charge in [-0.05, 0) is 50.1 Å². The molecular formula is C9H17N. The standard InChI is InChI=1S/C9H17N/c1-2-10-6-9-5-7-3-8(9)4-7/h7-10H,2-6H2,1H3. The minimum Gasteiger partial charge on any atom is -0.317 e. The van der Waals surface area contributed by atoms with Crippen molar-refractivity contribution in [1.29, 1.82) is 0 Å². The molecule has 3 saturated carbocycles. The minimum absolute atomic E-state index is 1.05. The number of hydrogen-bond acceptors (Lipinski definition) is 1. The Bertz CT molecular complexity index is 116. The van der Waals surface area contributed by atoms with Gasteiger partial charge in [-0.25, -0.2) is 0 Å². The minimum atomic E-state index is 1.05. The van der Waals surface area contributed by atoms with Gasteiger partial charge in [0.1, 0.15) is 0 Å². The predicted molar refractivity (Wildman–Crippen MR) is 42.9 cm³/mol. The third-order valence-corrected chi connectivity index (χ3v) is 3.23. The Morgan fingerprint density at radius 3 is 2.60 bits per heavy atom. The second-order valence-electron chi connectivity index (χ2n) is 3.90. The van der Waals surface area contributed by atoms with Crippen molar-refractivity contribution in [2.45, 2.75) is 26.2 Å². The van der Waals surface area contributed by atoms with Crippen molar-refractivity contribution >= 4 is 0 Å². The molecule has 0 radical (unpaired) electrons. The SMILES string of the molecule is CCNCC1CC2CC1C2. The molecule has 58 valence electrons. The van der Waals surface area contributed by atoms with Gasteiger partial charge in [0.05, 0.1) is 0 Å². The first-order chi connectivity index (χ1) is 4.90.